The number of aryl methyl sites for hydroxylation is 1. The number of carbonyl (C=O) groups excluding carboxylic acids is 1. The summed E-state index contributed by atoms with van der Waals surface area (Å²) in [6.45, 7) is 6.20. The van der Waals surface area contributed by atoms with Crippen LogP contribution in [0.4, 0.5) is 26.2 Å². The molecular formula is C33H36F2N10O2. The van der Waals surface area contributed by atoms with Gasteiger partial charge in [0, 0.05) is 70.2 Å². The molecule has 244 valence electrons. The maximum absolute atomic E-state index is 13.9. The zero-order valence-corrected chi connectivity index (χ0v) is 26.1. The van der Waals surface area contributed by atoms with Gasteiger partial charge in [0.1, 0.15) is 23.1 Å². The number of hydrogen-bond acceptors (Lipinski definition) is 9. The predicted octanol–water partition coefficient (Wildman–Crippen LogP) is 3.90. The summed E-state index contributed by atoms with van der Waals surface area (Å²) in [5.74, 6) is 1.35. The van der Waals surface area contributed by atoms with Gasteiger partial charge >= 0.3 is 0 Å². The monoisotopic (exact) mass is 642 g/mol. The normalized spacial score (nSPS) is 15.8. The maximum atomic E-state index is 13.9. The van der Waals surface area contributed by atoms with Crippen molar-refractivity contribution >= 4 is 29.0 Å². The molecule has 1 N–H and O–H groups in total. The van der Waals surface area contributed by atoms with E-state index in [0.717, 1.165) is 68.6 Å². The summed E-state index contributed by atoms with van der Waals surface area (Å²) in [6.07, 6.45) is 3.84. The van der Waals surface area contributed by atoms with E-state index in [1.807, 2.05) is 23.9 Å². The number of halogens is 2. The van der Waals surface area contributed by atoms with Crippen LogP contribution in [0.2, 0.25) is 0 Å². The molecule has 1 aromatic carbocycles. The van der Waals surface area contributed by atoms with Gasteiger partial charge in [-0.3, -0.25) is 18.8 Å². The van der Waals surface area contributed by atoms with E-state index in [1.165, 1.54) is 12.1 Å². The molecule has 0 atom stereocenters. The third-order valence-corrected chi connectivity index (χ3v) is 8.57. The van der Waals surface area contributed by atoms with Gasteiger partial charge < -0.3 is 19.9 Å². The number of nitrogens with one attached hydrogen (secondary N) is 1. The Morgan fingerprint density at radius 1 is 0.957 bits per heavy atom. The minimum absolute atomic E-state index is 0.302. The molecule has 0 radical (unpaired) electrons. The van der Waals surface area contributed by atoms with Gasteiger partial charge in [0.2, 0.25) is 0 Å². The molecule has 47 heavy (non-hydrogen) atoms. The minimum atomic E-state index is -0.326. The molecule has 2 aliphatic rings. The van der Waals surface area contributed by atoms with Gasteiger partial charge in [-0.05, 0) is 55.0 Å². The van der Waals surface area contributed by atoms with Crippen LogP contribution in [0.3, 0.4) is 0 Å². The number of benzene rings is 1. The van der Waals surface area contributed by atoms with Crippen LogP contribution >= 0.6 is 0 Å². The first-order chi connectivity index (χ1) is 23.0. The fourth-order valence-corrected chi connectivity index (χ4v) is 6.18. The number of piperazine rings is 1. The van der Waals surface area contributed by atoms with Gasteiger partial charge in [-0.2, -0.15) is 10.2 Å². The number of ether oxygens (including phenoxy) is 1. The fourth-order valence-electron chi connectivity index (χ4n) is 6.18. The molecule has 0 saturated carbocycles. The SMILES string of the molecule is Cn1nc(-c2ccc(F)cc2)c(-c2ccc3nc(NC(=O)c4ccnc(N5CCOCC5)c4)cn3n2)c1N1CCN(CCCF)CC1. The van der Waals surface area contributed by atoms with E-state index in [4.69, 9.17) is 14.9 Å². The third-order valence-electron chi connectivity index (χ3n) is 8.57. The van der Waals surface area contributed by atoms with Crippen molar-refractivity contribution in [2.24, 2.45) is 7.05 Å². The number of aromatic nitrogens is 6. The number of amides is 1. The lowest BCUT2D eigenvalue weighted by molar-refractivity contribution is 0.102. The molecule has 12 nitrogen and oxygen atoms in total. The van der Waals surface area contributed by atoms with Crippen molar-refractivity contribution < 1.29 is 18.3 Å². The number of morpholine rings is 1. The summed E-state index contributed by atoms with van der Waals surface area (Å²) in [6, 6.07) is 13.5. The van der Waals surface area contributed by atoms with Crippen LogP contribution in [-0.4, -0.2) is 106 Å². The second kappa shape index (κ2) is 13.4. The molecule has 0 bridgehead atoms. The van der Waals surface area contributed by atoms with Crippen molar-refractivity contribution in [3.8, 4) is 22.5 Å². The molecule has 2 saturated heterocycles. The standard InChI is InChI=1S/C33H36F2N10O2/c1-41-33(44-15-13-42(14-16-44)12-2-10-34)30(31(40-41)23-3-5-25(35)6-4-23)26-7-8-28-37-27(22-45(28)39-26)38-32(46)24-9-11-36-29(21-24)43-17-19-47-20-18-43/h3-9,11,21-22H,2,10,12-20H2,1H3,(H,38,46). The summed E-state index contributed by atoms with van der Waals surface area (Å²) in [4.78, 5) is 28.9. The van der Waals surface area contributed by atoms with Gasteiger partial charge in [-0.15, -0.1) is 0 Å². The number of imidazole rings is 1. The van der Waals surface area contributed by atoms with Crippen molar-refractivity contribution in [2.45, 2.75) is 6.42 Å². The van der Waals surface area contributed by atoms with Crippen LogP contribution in [0, 0.1) is 5.82 Å². The number of hydrogen-bond donors (Lipinski definition) is 1. The van der Waals surface area contributed by atoms with Crippen LogP contribution in [0.25, 0.3) is 28.2 Å². The maximum Gasteiger partial charge on any atom is 0.257 e. The number of anilines is 3. The fraction of sp³-hybridized carbons (Fsp3) is 0.364. The Morgan fingerprint density at radius 2 is 1.74 bits per heavy atom. The Hall–Kier alpha value is -4.95. The van der Waals surface area contributed by atoms with E-state index in [-0.39, 0.29) is 18.4 Å². The van der Waals surface area contributed by atoms with Crippen LogP contribution in [0.15, 0.2) is 60.9 Å². The molecule has 0 spiro atoms. The largest absolute Gasteiger partial charge is 0.378 e. The molecule has 2 fully saturated rings. The van der Waals surface area contributed by atoms with Crippen LogP contribution in [0.1, 0.15) is 16.8 Å². The number of rotatable bonds is 9. The Balaban J connectivity index is 1.18. The van der Waals surface area contributed by atoms with Crippen LogP contribution in [-0.2, 0) is 11.8 Å². The first-order valence-corrected chi connectivity index (χ1v) is 15.8. The molecule has 1 amide bonds. The highest BCUT2D eigenvalue weighted by atomic mass is 19.1. The van der Waals surface area contributed by atoms with E-state index in [1.54, 1.807) is 41.2 Å². The van der Waals surface area contributed by atoms with Crippen molar-refractivity contribution in [1.29, 1.82) is 0 Å². The van der Waals surface area contributed by atoms with Crippen LogP contribution < -0.4 is 15.1 Å². The van der Waals surface area contributed by atoms with Crippen molar-refractivity contribution in [1.82, 2.24) is 34.3 Å². The molecule has 5 aromatic rings. The molecule has 6 heterocycles. The number of alkyl halides is 1. The summed E-state index contributed by atoms with van der Waals surface area (Å²) in [7, 11) is 1.90. The number of carbonyl (C=O) groups is 1. The lowest BCUT2D eigenvalue weighted by Crippen LogP contribution is -2.47. The number of pyridine rings is 1. The average Bonchev–Trinajstić information content (AvgIpc) is 3.67. The lowest BCUT2D eigenvalue weighted by Gasteiger charge is -2.36. The number of fused-ring (bicyclic) bond motifs is 1. The molecular weight excluding hydrogens is 606 g/mol. The van der Waals surface area contributed by atoms with Gasteiger partial charge in [-0.25, -0.2) is 18.9 Å². The van der Waals surface area contributed by atoms with Crippen LogP contribution in [0.5, 0.6) is 0 Å². The highest BCUT2D eigenvalue weighted by Gasteiger charge is 2.28. The smallest absolute Gasteiger partial charge is 0.257 e. The summed E-state index contributed by atoms with van der Waals surface area (Å²) >= 11 is 0. The molecule has 0 unspecified atom stereocenters. The second-order valence-corrected chi connectivity index (χ2v) is 11.7. The second-order valence-electron chi connectivity index (χ2n) is 11.7. The Kier molecular flexibility index (Phi) is 8.76. The Labute approximate surface area is 270 Å². The van der Waals surface area contributed by atoms with Gasteiger partial charge in [0.15, 0.2) is 11.5 Å². The lowest BCUT2D eigenvalue weighted by atomic mass is 10.0. The zero-order chi connectivity index (χ0) is 32.3. The highest BCUT2D eigenvalue weighted by Crippen LogP contribution is 2.39. The van der Waals surface area contributed by atoms with Crippen molar-refractivity contribution in [3.63, 3.8) is 0 Å². The molecule has 0 aliphatic carbocycles. The predicted molar refractivity (Wildman–Crippen MR) is 175 cm³/mol. The first-order valence-electron chi connectivity index (χ1n) is 15.8. The summed E-state index contributed by atoms with van der Waals surface area (Å²) in [5, 5.41) is 12.7. The van der Waals surface area contributed by atoms with Gasteiger partial charge in [-0.1, -0.05) is 0 Å². The molecule has 2 aliphatic heterocycles. The topological polar surface area (TPSA) is 109 Å². The summed E-state index contributed by atoms with van der Waals surface area (Å²) in [5.41, 5.74) is 3.93. The molecule has 7 rings (SSSR count). The number of nitrogens with zero attached hydrogens (tertiary/aromatic N) is 9. The first kappa shape index (κ1) is 30.7. The van der Waals surface area contributed by atoms with E-state index in [0.29, 0.717) is 48.1 Å². The van der Waals surface area contributed by atoms with Gasteiger partial charge in [0.05, 0.1) is 37.3 Å². The van der Waals surface area contributed by atoms with Crippen molar-refractivity contribution in [3.05, 3.63) is 72.3 Å². The molecule has 14 heteroatoms. The average molecular weight is 643 g/mol. The quantitative estimate of drug-likeness (QED) is 0.256. The molecule has 4 aromatic heterocycles. The summed E-state index contributed by atoms with van der Waals surface area (Å²) < 4.78 is 35.6. The van der Waals surface area contributed by atoms with E-state index in [9.17, 15) is 13.6 Å². The van der Waals surface area contributed by atoms with Gasteiger partial charge in [0.25, 0.3) is 5.91 Å². The van der Waals surface area contributed by atoms with E-state index < -0.39 is 0 Å². The third kappa shape index (κ3) is 6.51. The van der Waals surface area contributed by atoms with E-state index >= 15 is 0 Å². The van der Waals surface area contributed by atoms with Crippen molar-refractivity contribution in [2.75, 3.05) is 80.8 Å². The Morgan fingerprint density at radius 3 is 2.51 bits per heavy atom. The van der Waals surface area contributed by atoms with E-state index in [2.05, 4.69) is 30.0 Å². The zero-order valence-electron chi connectivity index (χ0n) is 26.1. The Bertz CT molecular complexity index is 1860. The highest BCUT2D eigenvalue weighted by molar-refractivity contribution is 6.04. The minimum Gasteiger partial charge on any atom is -0.378 e.